The zero-order chi connectivity index (χ0) is 15.2. The molecule has 4 nitrogen and oxygen atoms in total. The highest BCUT2D eigenvalue weighted by molar-refractivity contribution is 9.11. The van der Waals surface area contributed by atoms with Crippen molar-refractivity contribution in [1.82, 2.24) is 15.2 Å². The third-order valence-corrected chi connectivity index (χ3v) is 4.26. The number of rotatable bonds is 7. The van der Waals surface area contributed by atoms with Gasteiger partial charge in [0, 0.05) is 35.7 Å². The monoisotopic (exact) mass is 415 g/mol. The molecule has 1 aromatic heterocycles. The molecule has 0 radical (unpaired) electrons. The summed E-state index contributed by atoms with van der Waals surface area (Å²) in [5, 5.41) is 4.41. The summed E-state index contributed by atoms with van der Waals surface area (Å²) in [5.41, 5.74) is 0.868. The number of likely N-dealkylation sites (N-methyl/N-ethyl adjacent to an activating group) is 1. The van der Waals surface area contributed by atoms with Crippen molar-refractivity contribution in [3.8, 4) is 5.75 Å². The molecule has 0 aliphatic rings. The van der Waals surface area contributed by atoms with E-state index < -0.39 is 0 Å². The van der Waals surface area contributed by atoms with Crippen LogP contribution in [0.5, 0.6) is 5.75 Å². The molecule has 0 saturated carbocycles. The van der Waals surface area contributed by atoms with E-state index in [1.165, 1.54) is 0 Å². The van der Waals surface area contributed by atoms with Crippen LogP contribution in [0.15, 0.2) is 33.3 Å². The van der Waals surface area contributed by atoms with Crippen LogP contribution in [0.3, 0.4) is 0 Å². The lowest BCUT2D eigenvalue weighted by Crippen LogP contribution is -2.29. The maximum absolute atomic E-state index is 5.91. The van der Waals surface area contributed by atoms with Gasteiger partial charge < -0.3 is 15.0 Å². The Bertz CT molecular complexity index is 605. The van der Waals surface area contributed by atoms with Gasteiger partial charge in [-0.05, 0) is 42.2 Å². The second-order valence-electron chi connectivity index (χ2n) is 4.97. The zero-order valence-corrected chi connectivity index (χ0v) is 15.4. The molecule has 0 bridgehead atoms. The van der Waals surface area contributed by atoms with Crippen LogP contribution in [-0.4, -0.2) is 50.2 Å². The second kappa shape index (κ2) is 8.08. The first-order valence-corrected chi connectivity index (χ1v) is 8.39. The Morgan fingerprint density at radius 1 is 1.24 bits per heavy atom. The second-order valence-corrected chi connectivity index (χ2v) is 6.68. The molecule has 0 unspecified atom stereocenters. The number of fused-ring (bicyclic) bond motifs is 1. The first kappa shape index (κ1) is 16.7. The third-order valence-electron chi connectivity index (χ3n) is 3.01. The van der Waals surface area contributed by atoms with Crippen molar-refractivity contribution in [2.75, 3.05) is 40.3 Å². The van der Waals surface area contributed by atoms with Crippen molar-refractivity contribution in [2.24, 2.45) is 0 Å². The molecule has 0 aliphatic carbocycles. The first-order valence-electron chi connectivity index (χ1n) is 6.80. The molecule has 0 atom stereocenters. The number of nitrogens with zero attached hydrogens (tertiary/aromatic N) is 2. The summed E-state index contributed by atoms with van der Waals surface area (Å²) in [7, 11) is 4.13. The molecule has 0 fully saturated rings. The van der Waals surface area contributed by atoms with Crippen LogP contribution < -0.4 is 10.1 Å². The molecule has 0 saturated heterocycles. The molecule has 1 heterocycles. The van der Waals surface area contributed by atoms with Crippen LogP contribution >= 0.6 is 31.9 Å². The molecule has 0 amide bonds. The van der Waals surface area contributed by atoms with Crippen LogP contribution in [-0.2, 0) is 0 Å². The van der Waals surface area contributed by atoms with E-state index in [2.05, 4.69) is 61.2 Å². The molecule has 0 aliphatic heterocycles. The van der Waals surface area contributed by atoms with E-state index in [1.54, 1.807) is 6.20 Å². The molecule has 1 N–H and O–H groups in total. The van der Waals surface area contributed by atoms with Gasteiger partial charge in [0.05, 0.1) is 4.47 Å². The molecule has 114 valence electrons. The number of hydrogen-bond acceptors (Lipinski definition) is 4. The minimum atomic E-state index is 0.610. The Balaban J connectivity index is 1.99. The van der Waals surface area contributed by atoms with Crippen LogP contribution in [0.1, 0.15) is 0 Å². The molecule has 2 aromatic rings. The standard InChI is InChI=1S/C15H19Br2N3O/c1-20(2)8-6-18-7-9-21-15-13(17)10-12(16)11-4-3-5-19-14(11)15/h3-5,10,18H,6-9H2,1-2H3. The lowest BCUT2D eigenvalue weighted by molar-refractivity contribution is 0.309. The Labute approximate surface area is 142 Å². The predicted molar refractivity (Wildman–Crippen MR) is 94.1 cm³/mol. The van der Waals surface area contributed by atoms with Gasteiger partial charge in [0.25, 0.3) is 0 Å². The van der Waals surface area contributed by atoms with Crippen LogP contribution in [0, 0.1) is 0 Å². The van der Waals surface area contributed by atoms with Crippen LogP contribution in [0.2, 0.25) is 0 Å². The fourth-order valence-electron chi connectivity index (χ4n) is 1.94. The number of pyridine rings is 1. The fraction of sp³-hybridized carbons (Fsp3) is 0.400. The summed E-state index contributed by atoms with van der Waals surface area (Å²) in [5.74, 6) is 0.795. The average molecular weight is 417 g/mol. The van der Waals surface area contributed by atoms with Gasteiger partial charge in [-0.15, -0.1) is 0 Å². The lowest BCUT2D eigenvalue weighted by atomic mass is 10.2. The molecule has 21 heavy (non-hydrogen) atoms. The molecule has 2 rings (SSSR count). The van der Waals surface area contributed by atoms with E-state index >= 15 is 0 Å². The maximum Gasteiger partial charge on any atom is 0.159 e. The average Bonchev–Trinajstić information content (AvgIpc) is 2.45. The van der Waals surface area contributed by atoms with E-state index in [-0.39, 0.29) is 0 Å². The summed E-state index contributed by atoms with van der Waals surface area (Å²) < 4.78 is 7.83. The van der Waals surface area contributed by atoms with Crippen molar-refractivity contribution in [3.05, 3.63) is 33.3 Å². The Hall–Kier alpha value is -0.690. The van der Waals surface area contributed by atoms with Gasteiger partial charge in [0.1, 0.15) is 12.1 Å². The fourth-order valence-corrected chi connectivity index (χ4v) is 3.32. The van der Waals surface area contributed by atoms with Gasteiger partial charge >= 0.3 is 0 Å². The van der Waals surface area contributed by atoms with Crippen LogP contribution in [0.4, 0.5) is 0 Å². The van der Waals surface area contributed by atoms with E-state index in [0.29, 0.717) is 6.61 Å². The zero-order valence-electron chi connectivity index (χ0n) is 12.2. The molecular weight excluding hydrogens is 398 g/mol. The maximum atomic E-state index is 5.91. The summed E-state index contributed by atoms with van der Waals surface area (Å²) in [6, 6.07) is 5.95. The smallest absolute Gasteiger partial charge is 0.159 e. The molecular formula is C15H19Br2N3O. The highest BCUT2D eigenvalue weighted by atomic mass is 79.9. The van der Waals surface area contributed by atoms with Gasteiger partial charge in [-0.2, -0.15) is 0 Å². The van der Waals surface area contributed by atoms with E-state index in [0.717, 1.165) is 45.2 Å². The first-order chi connectivity index (χ1) is 10.1. The topological polar surface area (TPSA) is 37.4 Å². The molecule has 0 spiro atoms. The van der Waals surface area contributed by atoms with Crippen molar-refractivity contribution in [3.63, 3.8) is 0 Å². The summed E-state index contributed by atoms with van der Waals surface area (Å²) in [6.45, 7) is 3.40. The van der Waals surface area contributed by atoms with Crippen molar-refractivity contribution >= 4 is 42.8 Å². The minimum absolute atomic E-state index is 0.610. The predicted octanol–water partition coefficient (Wildman–Crippen LogP) is 3.29. The number of ether oxygens (including phenoxy) is 1. The van der Waals surface area contributed by atoms with Crippen molar-refractivity contribution in [1.29, 1.82) is 0 Å². The van der Waals surface area contributed by atoms with Gasteiger partial charge in [0.2, 0.25) is 0 Å². The summed E-state index contributed by atoms with van der Waals surface area (Å²) in [4.78, 5) is 6.58. The van der Waals surface area contributed by atoms with Crippen molar-refractivity contribution < 1.29 is 4.74 Å². The number of nitrogens with one attached hydrogen (secondary N) is 1. The summed E-state index contributed by atoms with van der Waals surface area (Å²) >= 11 is 7.10. The quantitative estimate of drug-likeness (QED) is 0.702. The minimum Gasteiger partial charge on any atom is -0.489 e. The van der Waals surface area contributed by atoms with Gasteiger partial charge in [-0.3, -0.25) is 4.98 Å². The van der Waals surface area contributed by atoms with E-state index in [4.69, 9.17) is 4.74 Å². The highest BCUT2D eigenvalue weighted by Gasteiger charge is 2.11. The Kier molecular flexibility index (Phi) is 6.41. The summed E-state index contributed by atoms with van der Waals surface area (Å²) in [6.07, 6.45) is 1.78. The normalized spacial score (nSPS) is 11.3. The highest BCUT2D eigenvalue weighted by Crippen LogP contribution is 2.37. The molecule has 1 aromatic carbocycles. The van der Waals surface area contributed by atoms with E-state index in [1.807, 2.05) is 18.2 Å². The number of benzene rings is 1. The van der Waals surface area contributed by atoms with Crippen molar-refractivity contribution in [2.45, 2.75) is 0 Å². The largest absolute Gasteiger partial charge is 0.489 e. The SMILES string of the molecule is CN(C)CCNCCOc1c(Br)cc(Br)c2cccnc12. The number of aromatic nitrogens is 1. The van der Waals surface area contributed by atoms with Gasteiger partial charge in [0.15, 0.2) is 5.75 Å². The van der Waals surface area contributed by atoms with Crippen LogP contribution in [0.25, 0.3) is 10.9 Å². The van der Waals surface area contributed by atoms with Gasteiger partial charge in [-0.25, -0.2) is 0 Å². The Morgan fingerprint density at radius 3 is 2.81 bits per heavy atom. The number of hydrogen-bond donors (Lipinski definition) is 1. The van der Waals surface area contributed by atoms with Gasteiger partial charge in [-0.1, -0.05) is 22.0 Å². The molecule has 6 heteroatoms. The lowest BCUT2D eigenvalue weighted by Gasteiger charge is -2.13. The van der Waals surface area contributed by atoms with E-state index in [9.17, 15) is 0 Å². The number of halogens is 2. The third kappa shape index (κ3) is 4.64. The Morgan fingerprint density at radius 2 is 2.05 bits per heavy atom.